The Bertz CT molecular complexity index is 1980. The summed E-state index contributed by atoms with van der Waals surface area (Å²) in [6.07, 6.45) is 1.71. The first-order chi connectivity index (χ1) is 24.6. The average molecular weight is 768 g/mol. The van der Waals surface area contributed by atoms with Crippen LogP contribution in [0.1, 0.15) is 28.5 Å². The normalized spacial score (nSPS) is 19.1. The topological polar surface area (TPSA) is 91.8 Å². The van der Waals surface area contributed by atoms with Crippen LogP contribution < -0.4 is 20.4 Å². The molecule has 1 aliphatic heterocycles. The summed E-state index contributed by atoms with van der Waals surface area (Å²) in [5, 5.41) is 0. The molecule has 1 aromatic heterocycles. The minimum absolute atomic E-state index is 0.142. The van der Waals surface area contributed by atoms with Crippen molar-refractivity contribution in [1.29, 1.82) is 0 Å². The van der Waals surface area contributed by atoms with Crippen LogP contribution >= 0.6 is 0 Å². The molecule has 10 heteroatoms. The molecular weight excluding hydrogens is 724 g/mol. The van der Waals surface area contributed by atoms with Gasteiger partial charge < -0.3 is 0 Å². The van der Waals surface area contributed by atoms with Gasteiger partial charge in [0.1, 0.15) is 0 Å². The first-order valence-corrected chi connectivity index (χ1v) is 22.0. The molecule has 51 heavy (non-hydrogen) atoms. The first kappa shape index (κ1) is 36.5. The van der Waals surface area contributed by atoms with E-state index >= 15 is 0 Å². The second-order valence-electron chi connectivity index (χ2n) is 13.2. The number of allylic oxidation sites excluding steroid dienone is 1. The van der Waals surface area contributed by atoms with Gasteiger partial charge in [-0.2, -0.15) is 0 Å². The molecule has 0 aliphatic carbocycles. The molecule has 8 nitrogen and oxygen atoms in total. The number of aryl methyl sites for hydroxylation is 1. The Kier molecular flexibility index (Phi) is 11.4. The molecule has 0 unspecified atom stereocenters. The number of H-pyrrole nitrogens is 1. The van der Waals surface area contributed by atoms with Gasteiger partial charge in [-0.15, -0.1) is 0 Å². The summed E-state index contributed by atoms with van der Waals surface area (Å²) in [5.74, 6) is 0.745. The van der Waals surface area contributed by atoms with Crippen LogP contribution in [0.25, 0.3) is 0 Å². The van der Waals surface area contributed by atoms with Gasteiger partial charge in [0.25, 0.3) is 0 Å². The van der Waals surface area contributed by atoms with E-state index in [-0.39, 0.29) is 26.4 Å². The fraction of sp³-hybridized carbons (Fsp3) is 0.268. The summed E-state index contributed by atoms with van der Waals surface area (Å²) < 4.78 is 29.6. The second-order valence-corrected chi connectivity index (χ2v) is 20.0. The van der Waals surface area contributed by atoms with Gasteiger partial charge in [0.05, 0.1) is 0 Å². The molecule has 1 fully saturated rings. The quantitative estimate of drug-likeness (QED) is 0.0805. The Balaban J connectivity index is 1.49. The summed E-state index contributed by atoms with van der Waals surface area (Å²) >= 11 is -0.142. The Morgan fingerprint density at radius 3 is 2.02 bits per heavy atom. The van der Waals surface area contributed by atoms with Crippen LogP contribution in [0.15, 0.2) is 144 Å². The molecule has 264 valence electrons. The molecule has 0 saturated carbocycles. The Morgan fingerprint density at radius 2 is 1.45 bits per heavy atom. The molecule has 0 bridgehead atoms. The van der Waals surface area contributed by atoms with Crippen LogP contribution in [0, 0.1) is 6.92 Å². The van der Waals surface area contributed by atoms with E-state index in [9.17, 15) is 9.59 Å². The van der Waals surface area contributed by atoms with Gasteiger partial charge in [0, 0.05) is 0 Å². The van der Waals surface area contributed by atoms with Gasteiger partial charge in [0.15, 0.2) is 0 Å². The van der Waals surface area contributed by atoms with Crippen LogP contribution in [0.5, 0.6) is 5.75 Å². The zero-order valence-corrected chi connectivity index (χ0v) is 32.1. The third-order valence-corrected chi connectivity index (χ3v) is 14.2. The van der Waals surface area contributed by atoms with Gasteiger partial charge in [-0.1, -0.05) is 0 Å². The molecule has 5 aromatic rings. The summed E-state index contributed by atoms with van der Waals surface area (Å²) in [6.45, 7) is 10.2. The van der Waals surface area contributed by atoms with Gasteiger partial charge in [-0.25, -0.2) is 0 Å². The third-order valence-electron chi connectivity index (χ3n) is 9.13. The van der Waals surface area contributed by atoms with E-state index < -0.39 is 43.6 Å². The van der Waals surface area contributed by atoms with Crippen molar-refractivity contribution in [2.45, 2.75) is 54.9 Å². The SMILES string of the molecule is C=CC[Si](C)(C)O[C@H]1[C@H]([Se]c2ccccc2)[C@@H](COC(c2ccccc2)(c2ccccc2)c2ccc(OC)cc2)O[C@H]1n1cc(C)c(=O)[nH]c1=O. The zero-order valence-electron chi connectivity index (χ0n) is 29.4. The molecule has 6 rings (SSSR count). The Labute approximate surface area is 306 Å². The Morgan fingerprint density at radius 1 is 0.882 bits per heavy atom. The van der Waals surface area contributed by atoms with Crippen LogP contribution in [-0.4, -0.2) is 58.7 Å². The molecule has 4 aromatic carbocycles. The van der Waals surface area contributed by atoms with Crippen molar-refractivity contribution in [1.82, 2.24) is 9.55 Å². The van der Waals surface area contributed by atoms with Crippen molar-refractivity contribution >= 4 is 27.7 Å². The van der Waals surface area contributed by atoms with Crippen molar-refractivity contribution in [3.63, 3.8) is 0 Å². The standard InChI is InChI=1S/C41H44N2O6SeSi/c1-6-26-51(4,5)49-36-37(50-34-20-14-9-15-21-34)35(48-39(36)43-27-29(2)38(44)42-40(43)45)28-47-41(30-16-10-7-11-17-30,31-18-12-8-13-19-31)32-22-24-33(46-3)25-23-32/h6-25,27,35-37,39H,1,26,28H2,2-5H3,(H,42,44,45)/t35-,36+,37-,39-/m1/s1. The Hall–Kier alpha value is -4.28. The fourth-order valence-corrected chi connectivity index (χ4v) is 11.3. The van der Waals surface area contributed by atoms with E-state index in [1.54, 1.807) is 20.2 Å². The van der Waals surface area contributed by atoms with Crippen LogP contribution in [0.4, 0.5) is 0 Å². The number of benzene rings is 4. The molecule has 1 aliphatic rings. The molecule has 1 N–H and O–H groups in total. The summed E-state index contributed by atoms with van der Waals surface area (Å²) in [4.78, 5) is 28.2. The van der Waals surface area contributed by atoms with Gasteiger partial charge >= 0.3 is 308 Å². The predicted octanol–water partition coefficient (Wildman–Crippen LogP) is 6.35. The fourth-order valence-electron chi connectivity index (χ4n) is 6.66. The van der Waals surface area contributed by atoms with Crippen molar-refractivity contribution in [2.24, 2.45) is 0 Å². The number of nitrogens with one attached hydrogen (secondary N) is 1. The molecule has 4 atom stereocenters. The minimum atomic E-state index is -2.33. The number of nitrogens with zero attached hydrogens (tertiary/aromatic N) is 1. The van der Waals surface area contributed by atoms with Gasteiger partial charge in [-0.05, 0) is 0 Å². The summed E-state index contributed by atoms with van der Waals surface area (Å²) in [7, 11) is -0.673. The van der Waals surface area contributed by atoms with Crippen LogP contribution in [0.3, 0.4) is 0 Å². The number of aromatic nitrogens is 2. The third kappa shape index (κ3) is 7.97. The van der Waals surface area contributed by atoms with E-state index in [1.165, 1.54) is 9.03 Å². The molecule has 1 saturated heterocycles. The van der Waals surface area contributed by atoms with E-state index in [1.807, 2.05) is 84.9 Å². The van der Waals surface area contributed by atoms with E-state index in [2.05, 4.69) is 61.1 Å². The van der Waals surface area contributed by atoms with Gasteiger partial charge in [0.2, 0.25) is 0 Å². The number of ether oxygens (including phenoxy) is 3. The second kappa shape index (κ2) is 15.9. The van der Waals surface area contributed by atoms with Crippen molar-refractivity contribution in [3.8, 4) is 5.75 Å². The summed E-state index contributed by atoms with van der Waals surface area (Å²) in [5.41, 5.74) is 1.28. The van der Waals surface area contributed by atoms with Crippen LogP contribution in [0.2, 0.25) is 24.0 Å². The van der Waals surface area contributed by atoms with Crippen molar-refractivity contribution in [2.75, 3.05) is 13.7 Å². The van der Waals surface area contributed by atoms with E-state index in [0.717, 1.165) is 28.5 Å². The predicted molar refractivity (Wildman–Crippen MR) is 205 cm³/mol. The molecular formula is C41H44N2O6SeSi. The number of hydrogen-bond donors (Lipinski definition) is 1. The van der Waals surface area contributed by atoms with Crippen molar-refractivity contribution < 1.29 is 18.6 Å². The molecule has 2 heterocycles. The number of rotatable bonds is 14. The zero-order chi connectivity index (χ0) is 36.0. The van der Waals surface area contributed by atoms with Gasteiger partial charge in [-0.3, -0.25) is 0 Å². The molecule has 0 radical (unpaired) electrons. The average Bonchev–Trinajstić information content (AvgIpc) is 3.46. The number of hydrogen-bond acceptors (Lipinski definition) is 6. The maximum atomic E-state index is 13.4. The van der Waals surface area contributed by atoms with Crippen molar-refractivity contribution in [3.05, 3.63) is 177 Å². The molecule has 0 spiro atoms. The maximum absolute atomic E-state index is 13.4. The molecule has 0 amide bonds. The van der Waals surface area contributed by atoms with Crippen LogP contribution in [-0.2, 0) is 19.5 Å². The number of aromatic amines is 1. The first-order valence-electron chi connectivity index (χ1n) is 17.0. The van der Waals surface area contributed by atoms with E-state index in [0.29, 0.717) is 5.56 Å². The number of methoxy groups -OCH3 is 1. The van der Waals surface area contributed by atoms with E-state index in [4.69, 9.17) is 18.6 Å². The summed E-state index contributed by atoms with van der Waals surface area (Å²) in [6, 6.07) is 39.4. The monoisotopic (exact) mass is 768 g/mol.